The summed E-state index contributed by atoms with van der Waals surface area (Å²) in [6.45, 7) is 4.23. The number of thiazole rings is 1. The van der Waals surface area contributed by atoms with Crippen LogP contribution in [0, 0.1) is 13.8 Å². The predicted molar refractivity (Wildman–Crippen MR) is 63.8 cm³/mol. The van der Waals surface area contributed by atoms with Gasteiger partial charge in [0.1, 0.15) is 5.82 Å². The van der Waals surface area contributed by atoms with E-state index in [2.05, 4.69) is 20.2 Å². The quantitative estimate of drug-likeness (QED) is 0.888. The van der Waals surface area contributed by atoms with Crippen molar-refractivity contribution < 1.29 is 4.79 Å². The molecule has 0 atom stereocenters. The van der Waals surface area contributed by atoms with Gasteiger partial charge >= 0.3 is 0 Å². The Morgan fingerprint density at radius 1 is 1.53 bits per heavy atom. The van der Waals surface area contributed by atoms with Gasteiger partial charge in [0.15, 0.2) is 0 Å². The Morgan fingerprint density at radius 3 is 2.82 bits per heavy atom. The number of aryl methyl sites for hydroxylation is 2. The van der Waals surface area contributed by atoms with E-state index in [1.807, 2.05) is 6.92 Å². The maximum Gasteiger partial charge on any atom is 0.293 e. The van der Waals surface area contributed by atoms with Gasteiger partial charge in [-0.15, -0.1) is 16.4 Å². The highest BCUT2D eigenvalue weighted by atomic mass is 32.1. The monoisotopic (exact) mass is 251 g/mol. The van der Waals surface area contributed by atoms with Gasteiger partial charge in [-0.25, -0.2) is 9.97 Å². The van der Waals surface area contributed by atoms with E-state index < -0.39 is 0 Å². The van der Waals surface area contributed by atoms with Crippen molar-refractivity contribution in [2.75, 3.05) is 7.05 Å². The van der Waals surface area contributed by atoms with Gasteiger partial charge in [-0.2, -0.15) is 0 Å². The van der Waals surface area contributed by atoms with Crippen LogP contribution in [0.5, 0.6) is 0 Å². The molecule has 0 radical (unpaired) electrons. The largest absolute Gasteiger partial charge is 0.334 e. The number of amides is 1. The Balaban J connectivity index is 2.05. The lowest BCUT2D eigenvalue weighted by Gasteiger charge is -2.13. The second-order valence-corrected chi connectivity index (χ2v) is 5.07. The third-order valence-corrected chi connectivity index (χ3v) is 3.09. The minimum Gasteiger partial charge on any atom is -0.334 e. The zero-order valence-electron chi connectivity index (χ0n) is 9.89. The first-order valence-electron chi connectivity index (χ1n) is 5.12. The van der Waals surface area contributed by atoms with Crippen LogP contribution in [-0.4, -0.2) is 38.0 Å². The fourth-order valence-electron chi connectivity index (χ4n) is 1.39. The Morgan fingerprint density at radius 2 is 2.29 bits per heavy atom. The van der Waals surface area contributed by atoms with Crippen LogP contribution in [0.1, 0.15) is 26.3 Å². The van der Waals surface area contributed by atoms with Gasteiger partial charge < -0.3 is 4.90 Å². The predicted octanol–water partition coefficient (Wildman–Crippen LogP) is 1.15. The summed E-state index contributed by atoms with van der Waals surface area (Å²) in [5.74, 6) is 0.641. The number of nitrogens with one attached hydrogen (secondary N) is 1. The topological polar surface area (TPSA) is 74.8 Å². The van der Waals surface area contributed by atoms with Crippen molar-refractivity contribution in [1.82, 2.24) is 25.1 Å². The molecule has 90 valence electrons. The third kappa shape index (κ3) is 2.68. The van der Waals surface area contributed by atoms with E-state index in [1.54, 1.807) is 36.4 Å². The molecule has 7 heteroatoms. The van der Waals surface area contributed by atoms with Crippen LogP contribution in [-0.2, 0) is 6.54 Å². The standard InChI is InChI=1S/C10H13N5OS/c1-6-12-9(14-13-6)10(16)15(3)5-8-4-11-7(2)17-8/h4H,5H2,1-3H3,(H,12,13,14). The summed E-state index contributed by atoms with van der Waals surface area (Å²) in [4.78, 5) is 22.7. The molecule has 2 heterocycles. The maximum absolute atomic E-state index is 11.9. The number of nitrogens with zero attached hydrogens (tertiary/aromatic N) is 4. The smallest absolute Gasteiger partial charge is 0.293 e. The van der Waals surface area contributed by atoms with Gasteiger partial charge in [0.2, 0.25) is 5.82 Å². The molecule has 0 spiro atoms. The lowest BCUT2D eigenvalue weighted by Crippen LogP contribution is -2.26. The zero-order valence-corrected chi connectivity index (χ0v) is 10.7. The normalized spacial score (nSPS) is 10.5. The van der Waals surface area contributed by atoms with Gasteiger partial charge in [-0.05, 0) is 13.8 Å². The molecule has 0 saturated heterocycles. The number of H-pyrrole nitrogens is 1. The molecular weight excluding hydrogens is 238 g/mol. The highest BCUT2D eigenvalue weighted by molar-refractivity contribution is 7.11. The average Bonchev–Trinajstić information content (AvgIpc) is 2.87. The van der Waals surface area contributed by atoms with E-state index in [0.717, 1.165) is 9.88 Å². The molecule has 0 fully saturated rings. The Bertz CT molecular complexity index is 532. The number of carbonyl (C=O) groups excluding carboxylic acids is 1. The molecule has 0 bridgehead atoms. The van der Waals surface area contributed by atoms with E-state index in [4.69, 9.17) is 0 Å². The van der Waals surface area contributed by atoms with Crippen LogP contribution in [0.15, 0.2) is 6.20 Å². The van der Waals surface area contributed by atoms with Crippen molar-refractivity contribution in [2.45, 2.75) is 20.4 Å². The number of rotatable bonds is 3. The van der Waals surface area contributed by atoms with Crippen LogP contribution in [0.3, 0.4) is 0 Å². The maximum atomic E-state index is 11.9. The van der Waals surface area contributed by atoms with E-state index in [9.17, 15) is 4.79 Å². The van der Waals surface area contributed by atoms with Gasteiger partial charge in [-0.1, -0.05) is 0 Å². The van der Waals surface area contributed by atoms with Crippen molar-refractivity contribution in [2.24, 2.45) is 0 Å². The van der Waals surface area contributed by atoms with E-state index >= 15 is 0 Å². The minimum absolute atomic E-state index is 0.194. The fraction of sp³-hybridized carbons (Fsp3) is 0.400. The van der Waals surface area contributed by atoms with Crippen molar-refractivity contribution >= 4 is 17.2 Å². The first-order valence-corrected chi connectivity index (χ1v) is 5.93. The van der Waals surface area contributed by atoms with Gasteiger partial charge in [0.25, 0.3) is 5.91 Å². The summed E-state index contributed by atoms with van der Waals surface area (Å²) < 4.78 is 0. The SMILES string of the molecule is Cc1nc(C(=O)N(C)Cc2cnc(C)s2)n[nH]1. The molecule has 0 unspecified atom stereocenters. The summed E-state index contributed by atoms with van der Waals surface area (Å²) in [6, 6.07) is 0. The molecule has 6 nitrogen and oxygen atoms in total. The average molecular weight is 251 g/mol. The number of carbonyl (C=O) groups is 1. The summed E-state index contributed by atoms with van der Waals surface area (Å²) >= 11 is 1.58. The van der Waals surface area contributed by atoms with Crippen LogP contribution < -0.4 is 0 Å². The second kappa shape index (κ2) is 4.62. The van der Waals surface area contributed by atoms with E-state index in [0.29, 0.717) is 12.4 Å². The van der Waals surface area contributed by atoms with Gasteiger partial charge in [0, 0.05) is 18.1 Å². The van der Waals surface area contributed by atoms with E-state index in [1.165, 1.54) is 0 Å². The molecule has 1 amide bonds. The van der Waals surface area contributed by atoms with Crippen molar-refractivity contribution in [1.29, 1.82) is 0 Å². The Labute approximate surface area is 103 Å². The van der Waals surface area contributed by atoms with Crippen molar-refractivity contribution in [3.63, 3.8) is 0 Å². The summed E-state index contributed by atoms with van der Waals surface area (Å²) in [5.41, 5.74) is 0. The number of aromatic amines is 1. The van der Waals surface area contributed by atoms with Crippen molar-refractivity contribution in [3.8, 4) is 0 Å². The first-order chi connectivity index (χ1) is 8.06. The van der Waals surface area contributed by atoms with Gasteiger partial charge in [-0.3, -0.25) is 9.89 Å². The number of aromatic nitrogens is 4. The molecule has 2 rings (SSSR count). The summed E-state index contributed by atoms with van der Waals surface area (Å²) in [7, 11) is 1.73. The minimum atomic E-state index is -0.194. The van der Waals surface area contributed by atoms with Crippen LogP contribution in [0.25, 0.3) is 0 Å². The van der Waals surface area contributed by atoms with Gasteiger partial charge in [0.05, 0.1) is 11.6 Å². The third-order valence-electron chi connectivity index (χ3n) is 2.20. The summed E-state index contributed by atoms with van der Waals surface area (Å²) in [6.07, 6.45) is 1.78. The molecule has 17 heavy (non-hydrogen) atoms. The second-order valence-electron chi connectivity index (χ2n) is 3.75. The first kappa shape index (κ1) is 11.7. The fourth-order valence-corrected chi connectivity index (χ4v) is 2.24. The molecule has 0 aromatic carbocycles. The number of hydrogen-bond donors (Lipinski definition) is 1. The Kier molecular flexibility index (Phi) is 3.19. The zero-order chi connectivity index (χ0) is 12.4. The molecule has 0 saturated carbocycles. The lowest BCUT2D eigenvalue weighted by molar-refractivity contribution is 0.0774. The number of hydrogen-bond acceptors (Lipinski definition) is 5. The molecule has 0 aliphatic heterocycles. The summed E-state index contributed by atoms with van der Waals surface area (Å²) in [5, 5.41) is 7.49. The molecule has 0 aliphatic rings. The molecule has 1 N–H and O–H groups in total. The molecule has 2 aromatic heterocycles. The van der Waals surface area contributed by atoms with Crippen molar-refractivity contribution in [3.05, 3.63) is 27.7 Å². The molecule has 2 aromatic rings. The van der Waals surface area contributed by atoms with Crippen LogP contribution in [0.4, 0.5) is 0 Å². The van der Waals surface area contributed by atoms with Crippen LogP contribution in [0.2, 0.25) is 0 Å². The molecule has 0 aliphatic carbocycles. The highest BCUT2D eigenvalue weighted by Gasteiger charge is 2.17. The van der Waals surface area contributed by atoms with E-state index in [-0.39, 0.29) is 11.7 Å². The lowest BCUT2D eigenvalue weighted by atomic mass is 10.4. The Hall–Kier alpha value is -1.76. The molecular formula is C10H13N5OS. The highest BCUT2D eigenvalue weighted by Crippen LogP contribution is 2.14. The van der Waals surface area contributed by atoms with Crippen LogP contribution >= 0.6 is 11.3 Å².